The van der Waals surface area contributed by atoms with Crippen molar-refractivity contribution in [2.45, 2.75) is 39.7 Å². The second-order valence-corrected chi connectivity index (χ2v) is 6.78. The van der Waals surface area contributed by atoms with Crippen LogP contribution in [-0.4, -0.2) is 29.5 Å². The van der Waals surface area contributed by atoms with E-state index in [2.05, 4.69) is 11.8 Å². The van der Waals surface area contributed by atoms with Gasteiger partial charge >= 0.3 is 0 Å². The third-order valence-electron chi connectivity index (χ3n) is 4.45. The molecule has 1 aliphatic heterocycles. The summed E-state index contributed by atoms with van der Waals surface area (Å²) in [6.07, 6.45) is 1.09. The van der Waals surface area contributed by atoms with E-state index in [-0.39, 0.29) is 21.9 Å². The number of nitro benzene ring substituents is 1. The van der Waals surface area contributed by atoms with Gasteiger partial charge in [-0.25, -0.2) is 0 Å². The van der Waals surface area contributed by atoms with Crippen LogP contribution in [0.3, 0.4) is 0 Å². The minimum absolute atomic E-state index is 0.159. The summed E-state index contributed by atoms with van der Waals surface area (Å²) in [4.78, 5) is 13.3. The van der Waals surface area contributed by atoms with Crippen LogP contribution >= 0.6 is 0 Å². The number of rotatable bonds is 5. The standard InChI is InChI=1S/C16H25N3O2/c1-12(2)14-5-4-13(8-15(14)19(20)21)9-18-7-6-16(3,10-17)11-18/h4-5,8,12H,6-7,9-11,17H2,1-3H3. The first-order chi connectivity index (χ1) is 9.84. The van der Waals surface area contributed by atoms with Gasteiger partial charge in [0.2, 0.25) is 0 Å². The smallest absolute Gasteiger partial charge is 0.273 e. The third kappa shape index (κ3) is 3.60. The lowest BCUT2D eigenvalue weighted by atomic mass is 9.90. The molecule has 5 nitrogen and oxygen atoms in total. The second-order valence-electron chi connectivity index (χ2n) is 6.78. The van der Waals surface area contributed by atoms with E-state index >= 15 is 0 Å². The monoisotopic (exact) mass is 291 g/mol. The summed E-state index contributed by atoms with van der Waals surface area (Å²) in [5.74, 6) is 0.159. The molecule has 5 heteroatoms. The molecule has 1 fully saturated rings. The topological polar surface area (TPSA) is 72.4 Å². The van der Waals surface area contributed by atoms with Crippen LogP contribution in [0.4, 0.5) is 5.69 Å². The molecular formula is C16H25N3O2. The van der Waals surface area contributed by atoms with Gasteiger partial charge in [-0.15, -0.1) is 0 Å². The zero-order valence-electron chi connectivity index (χ0n) is 13.1. The molecular weight excluding hydrogens is 266 g/mol. The molecule has 0 aliphatic carbocycles. The molecule has 1 aromatic carbocycles. The predicted molar refractivity (Wildman–Crippen MR) is 84.2 cm³/mol. The van der Waals surface area contributed by atoms with Crippen molar-refractivity contribution in [1.82, 2.24) is 4.90 Å². The molecule has 1 aliphatic rings. The maximum Gasteiger partial charge on any atom is 0.273 e. The van der Waals surface area contributed by atoms with Crippen LogP contribution in [0.5, 0.6) is 0 Å². The lowest BCUT2D eigenvalue weighted by Crippen LogP contribution is -2.31. The van der Waals surface area contributed by atoms with E-state index in [4.69, 9.17) is 5.73 Å². The van der Waals surface area contributed by atoms with Crippen molar-refractivity contribution in [3.05, 3.63) is 39.4 Å². The van der Waals surface area contributed by atoms with Crippen molar-refractivity contribution < 1.29 is 4.92 Å². The zero-order valence-corrected chi connectivity index (χ0v) is 13.1. The van der Waals surface area contributed by atoms with Crippen LogP contribution in [0.1, 0.15) is 44.2 Å². The van der Waals surface area contributed by atoms with Gasteiger partial charge < -0.3 is 5.73 Å². The number of likely N-dealkylation sites (tertiary alicyclic amines) is 1. The number of nitrogens with two attached hydrogens (primary N) is 1. The minimum Gasteiger partial charge on any atom is -0.330 e. The van der Waals surface area contributed by atoms with Gasteiger partial charge in [0.15, 0.2) is 0 Å². The van der Waals surface area contributed by atoms with Gasteiger partial charge in [0.05, 0.1) is 4.92 Å². The lowest BCUT2D eigenvalue weighted by Gasteiger charge is -2.22. The van der Waals surface area contributed by atoms with Crippen molar-refractivity contribution >= 4 is 5.69 Å². The molecule has 1 aromatic rings. The van der Waals surface area contributed by atoms with Gasteiger partial charge in [-0.05, 0) is 36.4 Å². The maximum atomic E-state index is 11.2. The number of nitrogens with zero attached hydrogens (tertiary/aromatic N) is 2. The van der Waals surface area contributed by atoms with Crippen LogP contribution in [0.15, 0.2) is 18.2 Å². The molecule has 1 unspecified atom stereocenters. The third-order valence-corrected chi connectivity index (χ3v) is 4.45. The molecule has 1 saturated heterocycles. The number of benzene rings is 1. The van der Waals surface area contributed by atoms with Crippen LogP contribution in [-0.2, 0) is 6.54 Å². The number of hydrogen-bond acceptors (Lipinski definition) is 4. The van der Waals surface area contributed by atoms with E-state index in [0.717, 1.165) is 37.2 Å². The van der Waals surface area contributed by atoms with E-state index in [9.17, 15) is 10.1 Å². The Morgan fingerprint density at radius 1 is 1.48 bits per heavy atom. The van der Waals surface area contributed by atoms with Gasteiger partial charge in [-0.3, -0.25) is 15.0 Å². The molecule has 0 saturated carbocycles. The Morgan fingerprint density at radius 2 is 2.19 bits per heavy atom. The Kier molecular flexibility index (Phi) is 4.64. The Hall–Kier alpha value is -1.46. The Labute approximate surface area is 126 Å². The molecule has 0 aromatic heterocycles. The van der Waals surface area contributed by atoms with Crippen molar-refractivity contribution in [2.75, 3.05) is 19.6 Å². The summed E-state index contributed by atoms with van der Waals surface area (Å²) >= 11 is 0. The van der Waals surface area contributed by atoms with Crippen LogP contribution in [0.25, 0.3) is 0 Å². The Bertz CT molecular complexity index is 530. The average Bonchev–Trinajstić information content (AvgIpc) is 2.80. The Morgan fingerprint density at radius 3 is 2.71 bits per heavy atom. The molecule has 2 N–H and O–H groups in total. The summed E-state index contributed by atoms with van der Waals surface area (Å²) < 4.78 is 0. The van der Waals surface area contributed by atoms with Gasteiger partial charge in [0, 0.05) is 24.7 Å². The molecule has 2 rings (SSSR count). The van der Waals surface area contributed by atoms with Crippen molar-refractivity contribution in [1.29, 1.82) is 0 Å². The summed E-state index contributed by atoms with van der Waals surface area (Å²) in [5, 5.41) is 11.2. The van der Waals surface area contributed by atoms with Gasteiger partial charge in [-0.1, -0.05) is 32.9 Å². The highest BCUT2D eigenvalue weighted by atomic mass is 16.6. The number of hydrogen-bond donors (Lipinski definition) is 1. The van der Waals surface area contributed by atoms with E-state index in [1.807, 2.05) is 26.0 Å². The Balaban J connectivity index is 2.15. The fraction of sp³-hybridized carbons (Fsp3) is 0.625. The largest absolute Gasteiger partial charge is 0.330 e. The van der Waals surface area contributed by atoms with Crippen molar-refractivity contribution in [2.24, 2.45) is 11.1 Å². The van der Waals surface area contributed by atoms with E-state index < -0.39 is 0 Å². The van der Waals surface area contributed by atoms with E-state index in [1.54, 1.807) is 6.07 Å². The fourth-order valence-corrected chi connectivity index (χ4v) is 3.02. The number of nitro groups is 1. The lowest BCUT2D eigenvalue weighted by molar-refractivity contribution is -0.385. The van der Waals surface area contributed by atoms with Gasteiger partial charge in [-0.2, -0.15) is 0 Å². The van der Waals surface area contributed by atoms with Crippen LogP contribution in [0, 0.1) is 15.5 Å². The first kappa shape index (κ1) is 15.9. The molecule has 1 atom stereocenters. The van der Waals surface area contributed by atoms with E-state index in [1.165, 1.54) is 0 Å². The maximum absolute atomic E-state index is 11.2. The first-order valence-corrected chi connectivity index (χ1v) is 7.54. The molecule has 1 heterocycles. The van der Waals surface area contributed by atoms with Gasteiger partial charge in [0.25, 0.3) is 5.69 Å². The van der Waals surface area contributed by atoms with E-state index in [0.29, 0.717) is 6.54 Å². The molecule has 0 amide bonds. The summed E-state index contributed by atoms with van der Waals surface area (Å²) in [7, 11) is 0. The van der Waals surface area contributed by atoms with Crippen LogP contribution in [0.2, 0.25) is 0 Å². The van der Waals surface area contributed by atoms with Crippen molar-refractivity contribution in [3.8, 4) is 0 Å². The second kappa shape index (κ2) is 6.12. The minimum atomic E-state index is -0.271. The summed E-state index contributed by atoms with van der Waals surface area (Å²) in [6, 6.07) is 5.64. The van der Waals surface area contributed by atoms with Crippen LogP contribution < -0.4 is 5.73 Å². The highest BCUT2D eigenvalue weighted by molar-refractivity contribution is 5.45. The quantitative estimate of drug-likeness (QED) is 0.669. The summed E-state index contributed by atoms with van der Waals surface area (Å²) in [5.41, 5.74) is 8.06. The molecule has 116 valence electrons. The molecule has 21 heavy (non-hydrogen) atoms. The normalized spacial score (nSPS) is 22.9. The fourth-order valence-electron chi connectivity index (χ4n) is 3.02. The summed E-state index contributed by atoms with van der Waals surface area (Å²) in [6.45, 7) is 9.59. The SMILES string of the molecule is CC(C)c1ccc(CN2CCC(C)(CN)C2)cc1[N+](=O)[O-]. The molecule has 0 radical (unpaired) electrons. The predicted octanol–water partition coefficient (Wildman–Crippen LogP) is 2.89. The molecule has 0 spiro atoms. The highest BCUT2D eigenvalue weighted by Gasteiger charge is 2.32. The van der Waals surface area contributed by atoms with Gasteiger partial charge in [0.1, 0.15) is 0 Å². The average molecular weight is 291 g/mol. The highest BCUT2D eigenvalue weighted by Crippen LogP contribution is 2.31. The first-order valence-electron chi connectivity index (χ1n) is 7.54. The zero-order chi connectivity index (χ0) is 15.6. The molecule has 0 bridgehead atoms. The van der Waals surface area contributed by atoms with Crippen molar-refractivity contribution in [3.63, 3.8) is 0 Å².